The van der Waals surface area contributed by atoms with Crippen LogP contribution in [0.15, 0.2) is 24.3 Å². The average Bonchev–Trinajstić information content (AvgIpc) is 2.02. The van der Waals surface area contributed by atoms with Crippen molar-refractivity contribution in [1.29, 1.82) is 0 Å². The fraction of sp³-hybridized carbons (Fsp3) is 0.300. The van der Waals surface area contributed by atoms with Crippen molar-refractivity contribution < 1.29 is 13.6 Å². The van der Waals surface area contributed by atoms with Gasteiger partial charge >= 0.3 is 5.92 Å². The zero-order valence-electron chi connectivity index (χ0n) is 7.56. The van der Waals surface area contributed by atoms with Crippen molar-refractivity contribution in [2.24, 2.45) is 0 Å². The molecule has 1 aromatic rings. The second-order valence-corrected chi connectivity index (χ2v) is 3.50. The maximum atomic E-state index is 13.0. The zero-order chi connectivity index (χ0) is 10.8. The third-order valence-electron chi connectivity index (χ3n) is 1.83. The lowest BCUT2D eigenvalue weighted by molar-refractivity contribution is -0.140. The molecule has 0 atom stereocenters. The molecule has 4 heteroatoms. The Balaban J connectivity index is 2.83. The van der Waals surface area contributed by atoms with E-state index in [1.165, 1.54) is 12.1 Å². The summed E-state index contributed by atoms with van der Waals surface area (Å²) in [7, 11) is 0. The Morgan fingerprint density at radius 1 is 1.50 bits per heavy atom. The van der Waals surface area contributed by atoms with Crippen molar-refractivity contribution >= 4 is 17.4 Å². The smallest absolute Gasteiger partial charge is 0.293 e. The van der Waals surface area contributed by atoms with Gasteiger partial charge in [0.1, 0.15) is 0 Å². The molecule has 0 radical (unpaired) electrons. The number of halogens is 3. The largest absolute Gasteiger partial charge is 0.308 e. The van der Waals surface area contributed by atoms with Crippen molar-refractivity contribution in [2.45, 2.75) is 19.3 Å². The van der Waals surface area contributed by atoms with Gasteiger partial charge in [0.25, 0.3) is 0 Å². The quantitative estimate of drug-likeness (QED) is 0.762. The Kier molecular flexibility index (Phi) is 3.21. The minimum Gasteiger partial charge on any atom is -0.293 e. The summed E-state index contributed by atoms with van der Waals surface area (Å²) in [6, 6.07) is 6.12. The van der Waals surface area contributed by atoms with Gasteiger partial charge in [0.05, 0.1) is 0 Å². The highest BCUT2D eigenvalue weighted by Crippen LogP contribution is 2.22. The van der Waals surface area contributed by atoms with Crippen molar-refractivity contribution in [3.63, 3.8) is 0 Å². The van der Waals surface area contributed by atoms with Crippen LogP contribution in [-0.2, 0) is 11.2 Å². The maximum Gasteiger partial charge on any atom is 0.308 e. The molecule has 1 nitrogen and oxygen atoms in total. The Morgan fingerprint density at radius 2 is 2.14 bits per heavy atom. The molecule has 1 rings (SSSR count). The van der Waals surface area contributed by atoms with E-state index in [9.17, 15) is 13.6 Å². The first kappa shape index (κ1) is 11.1. The van der Waals surface area contributed by atoms with Crippen LogP contribution in [-0.4, -0.2) is 11.7 Å². The second kappa shape index (κ2) is 4.05. The van der Waals surface area contributed by atoms with E-state index in [0.29, 0.717) is 10.6 Å². The molecule has 14 heavy (non-hydrogen) atoms. The lowest BCUT2D eigenvalue weighted by Crippen LogP contribution is -2.28. The van der Waals surface area contributed by atoms with Gasteiger partial charge in [-0.2, -0.15) is 8.78 Å². The molecular formula is C10H9ClF2O. The molecule has 0 fully saturated rings. The Hall–Kier alpha value is -0.960. The highest BCUT2D eigenvalue weighted by atomic mass is 35.5. The molecule has 0 saturated carbocycles. The van der Waals surface area contributed by atoms with Gasteiger partial charge in [-0.3, -0.25) is 4.79 Å². The zero-order valence-corrected chi connectivity index (χ0v) is 8.31. The summed E-state index contributed by atoms with van der Waals surface area (Å²) in [5.41, 5.74) is 0.359. The molecule has 0 saturated heterocycles. The maximum absolute atomic E-state index is 13.0. The number of benzene rings is 1. The second-order valence-electron chi connectivity index (χ2n) is 3.07. The van der Waals surface area contributed by atoms with Crippen LogP contribution in [0, 0.1) is 0 Å². The molecule has 0 aliphatic heterocycles. The molecule has 0 aliphatic carbocycles. The van der Waals surface area contributed by atoms with Gasteiger partial charge in [0, 0.05) is 18.4 Å². The summed E-state index contributed by atoms with van der Waals surface area (Å²) in [6.07, 6.45) is -0.594. The van der Waals surface area contributed by atoms with E-state index in [-0.39, 0.29) is 0 Å². The van der Waals surface area contributed by atoms with Gasteiger partial charge in [-0.25, -0.2) is 0 Å². The lowest BCUT2D eigenvalue weighted by Gasteiger charge is -2.12. The topological polar surface area (TPSA) is 17.1 Å². The summed E-state index contributed by atoms with van der Waals surface area (Å²) < 4.78 is 25.9. The van der Waals surface area contributed by atoms with Gasteiger partial charge in [0.2, 0.25) is 0 Å². The number of hydrogen-bond acceptors (Lipinski definition) is 1. The molecular weight excluding hydrogens is 210 g/mol. The van der Waals surface area contributed by atoms with Gasteiger partial charge in [-0.1, -0.05) is 23.7 Å². The molecule has 0 N–H and O–H groups in total. The molecule has 0 unspecified atom stereocenters. The highest BCUT2D eigenvalue weighted by molar-refractivity contribution is 6.30. The number of carbonyl (C=O) groups excluding carboxylic acids is 1. The minimum atomic E-state index is -3.30. The molecule has 0 aliphatic rings. The molecule has 76 valence electrons. The summed E-state index contributed by atoms with van der Waals surface area (Å²) in [5.74, 6) is -4.43. The van der Waals surface area contributed by atoms with Crippen molar-refractivity contribution in [1.82, 2.24) is 0 Å². The Morgan fingerprint density at radius 3 is 2.64 bits per heavy atom. The predicted molar refractivity (Wildman–Crippen MR) is 50.8 cm³/mol. The van der Waals surface area contributed by atoms with Gasteiger partial charge in [-0.15, -0.1) is 0 Å². The highest BCUT2D eigenvalue weighted by Gasteiger charge is 2.34. The first-order chi connectivity index (χ1) is 6.42. The van der Waals surface area contributed by atoms with E-state index in [0.717, 1.165) is 6.92 Å². The fourth-order valence-electron chi connectivity index (χ4n) is 1.03. The molecule has 0 heterocycles. The summed E-state index contributed by atoms with van der Waals surface area (Å²) in [6.45, 7) is 0.880. The van der Waals surface area contributed by atoms with Crippen LogP contribution >= 0.6 is 11.6 Å². The number of hydrogen-bond donors (Lipinski definition) is 0. The van der Waals surface area contributed by atoms with Crippen LogP contribution in [0.1, 0.15) is 12.5 Å². The molecule has 0 spiro atoms. The molecule has 0 amide bonds. The third-order valence-corrected chi connectivity index (χ3v) is 2.07. The molecule has 0 aromatic heterocycles. The van der Waals surface area contributed by atoms with E-state index in [2.05, 4.69) is 0 Å². The summed E-state index contributed by atoms with van der Waals surface area (Å²) >= 11 is 5.62. The predicted octanol–water partition coefficient (Wildman–Crippen LogP) is 3.11. The minimum absolute atomic E-state index is 0.359. The van der Waals surface area contributed by atoms with E-state index >= 15 is 0 Å². The van der Waals surface area contributed by atoms with Crippen LogP contribution in [0.3, 0.4) is 0 Å². The summed E-state index contributed by atoms with van der Waals surface area (Å²) in [4.78, 5) is 10.6. The number of ketones is 1. The monoisotopic (exact) mass is 218 g/mol. The first-order valence-electron chi connectivity index (χ1n) is 4.05. The van der Waals surface area contributed by atoms with Gasteiger partial charge in [-0.05, 0) is 17.7 Å². The van der Waals surface area contributed by atoms with E-state index < -0.39 is 18.1 Å². The summed E-state index contributed by atoms with van der Waals surface area (Å²) in [5, 5.41) is 0.391. The van der Waals surface area contributed by atoms with Crippen LogP contribution < -0.4 is 0 Å². The average molecular weight is 219 g/mol. The number of rotatable bonds is 3. The first-order valence-corrected chi connectivity index (χ1v) is 4.43. The number of Topliss-reactive ketones (excluding diaryl/α,β-unsaturated/α-hetero) is 1. The van der Waals surface area contributed by atoms with Crippen LogP contribution in [0.2, 0.25) is 5.02 Å². The Bertz CT molecular complexity index is 350. The van der Waals surface area contributed by atoms with Gasteiger partial charge in [0.15, 0.2) is 5.78 Å². The SMILES string of the molecule is CC(=O)C(F)(F)Cc1cccc(Cl)c1. The standard InChI is InChI=1S/C10H9ClF2O/c1-7(14)10(12,13)6-8-3-2-4-9(11)5-8/h2-5H,6H2,1H3. The molecule has 1 aromatic carbocycles. The van der Waals surface area contributed by atoms with Crippen molar-refractivity contribution in [3.8, 4) is 0 Å². The van der Waals surface area contributed by atoms with E-state index in [1.807, 2.05) is 0 Å². The van der Waals surface area contributed by atoms with Gasteiger partial charge < -0.3 is 0 Å². The van der Waals surface area contributed by atoms with Crippen molar-refractivity contribution in [3.05, 3.63) is 34.9 Å². The van der Waals surface area contributed by atoms with Crippen molar-refractivity contribution in [2.75, 3.05) is 0 Å². The van der Waals surface area contributed by atoms with E-state index in [4.69, 9.17) is 11.6 Å². The third kappa shape index (κ3) is 2.77. The lowest BCUT2D eigenvalue weighted by atomic mass is 10.1. The fourth-order valence-corrected chi connectivity index (χ4v) is 1.24. The van der Waals surface area contributed by atoms with Crippen LogP contribution in [0.25, 0.3) is 0 Å². The van der Waals surface area contributed by atoms with E-state index in [1.54, 1.807) is 12.1 Å². The normalized spacial score (nSPS) is 11.4. The molecule has 0 bridgehead atoms. The number of carbonyl (C=O) groups is 1. The van der Waals surface area contributed by atoms with Crippen LogP contribution in [0.5, 0.6) is 0 Å². The Labute approximate surface area is 85.7 Å². The van der Waals surface area contributed by atoms with Crippen LogP contribution in [0.4, 0.5) is 8.78 Å². The number of alkyl halides is 2.